The van der Waals surface area contributed by atoms with E-state index in [1.165, 1.54) is 13.3 Å². The summed E-state index contributed by atoms with van der Waals surface area (Å²) in [5.74, 6) is -0.215. The van der Waals surface area contributed by atoms with Crippen LogP contribution < -0.4 is 10.1 Å². The van der Waals surface area contributed by atoms with Crippen molar-refractivity contribution in [2.75, 3.05) is 33.3 Å². The second-order valence-electron chi connectivity index (χ2n) is 6.33. The maximum Gasteiger partial charge on any atom is 0.404 e. The van der Waals surface area contributed by atoms with Gasteiger partial charge in [-0.25, -0.2) is 14.2 Å². The summed E-state index contributed by atoms with van der Waals surface area (Å²) in [4.78, 5) is 21.0. The molecule has 1 saturated heterocycles. The highest BCUT2D eigenvalue weighted by Crippen LogP contribution is 2.23. The van der Waals surface area contributed by atoms with Crippen molar-refractivity contribution in [3.05, 3.63) is 29.7 Å². The van der Waals surface area contributed by atoms with Crippen LogP contribution in [0.3, 0.4) is 0 Å². The molecule has 0 bridgehead atoms. The number of aliphatic hydroxyl groups is 1. The van der Waals surface area contributed by atoms with Gasteiger partial charge >= 0.3 is 6.09 Å². The second kappa shape index (κ2) is 7.79. The molecule has 1 aliphatic heterocycles. The number of pyridine rings is 2. The van der Waals surface area contributed by atoms with Gasteiger partial charge < -0.3 is 20.3 Å². The molecular formula is C17H21FN4O4. The topological polar surface area (TPSA) is 108 Å². The molecule has 0 saturated carbocycles. The summed E-state index contributed by atoms with van der Waals surface area (Å²) in [7, 11) is 1.50. The summed E-state index contributed by atoms with van der Waals surface area (Å²) in [6.45, 7) is 1.68. The number of β-amino-alcohol motifs (C(OH)–C–C–N with tert-alkyl or cyclic N) is 1. The Labute approximate surface area is 149 Å². The molecule has 1 aliphatic rings. The molecule has 2 atom stereocenters. The van der Waals surface area contributed by atoms with Crippen molar-refractivity contribution >= 4 is 17.1 Å². The summed E-state index contributed by atoms with van der Waals surface area (Å²) < 4.78 is 19.4. The van der Waals surface area contributed by atoms with Gasteiger partial charge in [-0.1, -0.05) is 0 Å². The highest BCUT2D eigenvalue weighted by Gasteiger charge is 2.31. The fourth-order valence-corrected chi connectivity index (χ4v) is 3.24. The van der Waals surface area contributed by atoms with Gasteiger partial charge in [-0.3, -0.25) is 9.88 Å². The van der Waals surface area contributed by atoms with E-state index in [1.54, 1.807) is 12.1 Å². The van der Waals surface area contributed by atoms with Crippen molar-refractivity contribution < 1.29 is 24.1 Å². The number of carboxylic acid groups (broad SMARTS) is 1. The van der Waals surface area contributed by atoms with Crippen LogP contribution in [0.5, 0.6) is 5.88 Å². The van der Waals surface area contributed by atoms with Gasteiger partial charge in [-0.05, 0) is 12.5 Å². The van der Waals surface area contributed by atoms with Crippen molar-refractivity contribution in [1.82, 2.24) is 20.2 Å². The average Bonchev–Trinajstić information content (AvgIpc) is 2.98. The van der Waals surface area contributed by atoms with Crippen molar-refractivity contribution in [2.24, 2.45) is 5.92 Å². The van der Waals surface area contributed by atoms with Gasteiger partial charge in [0.1, 0.15) is 5.82 Å². The number of hydrogen-bond acceptors (Lipinski definition) is 6. The number of rotatable bonds is 6. The van der Waals surface area contributed by atoms with E-state index >= 15 is 0 Å². The first-order valence-corrected chi connectivity index (χ1v) is 8.33. The van der Waals surface area contributed by atoms with Crippen molar-refractivity contribution in [1.29, 1.82) is 0 Å². The molecule has 3 rings (SSSR count). The quantitative estimate of drug-likeness (QED) is 0.698. The predicted octanol–water partition coefficient (Wildman–Crippen LogP) is 0.880. The Hall–Kier alpha value is -2.52. The number of aliphatic hydroxyl groups excluding tert-OH is 1. The van der Waals surface area contributed by atoms with E-state index in [-0.39, 0.29) is 12.5 Å². The highest BCUT2D eigenvalue weighted by atomic mass is 19.1. The third-order valence-electron chi connectivity index (χ3n) is 4.62. The number of fused-ring (bicyclic) bond motifs is 1. The number of amides is 1. The molecule has 0 spiro atoms. The minimum atomic E-state index is -1.11. The van der Waals surface area contributed by atoms with Gasteiger partial charge in [0.25, 0.3) is 0 Å². The summed E-state index contributed by atoms with van der Waals surface area (Å²) in [6, 6.07) is 3.41. The zero-order valence-corrected chi connectivity index (χ0v) is 14.4. The first kappa shape index (κ1) is 18.3. The van der Waals surface area contributed by atoms with E-state index < -0.39 is 18.0 Å². The van der Waals surface area contributed by atoms with Crippen LogP contribution in [0, 0.1) is 11.7 Å². The molecule has 3 N–H and O–H groups in total. The van der Waals surface area contributed by atoms with Crippen LogP contribution in [-0.2, 0) is 6.42 Å². The molecule has 9 heteroatoms. The smallest absolute Gasteiger partial charge is 0.404 e. The van der Waals surface area contributed by atoms with E-state index in [0.717, 1.165) is 0 Å². The lowest BCUT2D eigenvalue weighted by Crippen LogP contribution is -2.33. The average molecular weight is 364 g/mol. The van der Waals surface area contributed by atoms with Gasteiger partial charge in [0.15, 0.2) is 0 Å². The SMILES string of the molecule is COc1ccc2ncc(F)c(CCN3C[C@@H](CNC(=O)O)[C@H](O)C3)c2n1. The minimum Gasteiger partial charge on any atom is -0.481 e. The fraction of sp³-hybridized carbons (Fsp3) is 0.471. The molecule has 0 aromatic carbocycles. The lowest BCUT2D eigenvalue weighted by atomic mass is 10.1. The van der Waals surface area contributed by atoms with E-state index in [4.69, 9.17) is 9.84 Å². The summed E-state index contributed by atoms with van der Waals surface area (Å²) in [5, 5.41) is 21.1. The molecule has 0 unspecified atom stereocenters. The molecule has 8 nitrogen and oxygen atoms in total. The van der Waals surface area contributed by atoms with Crippen LogP contribution in [0.15, 0.2) is 18.3 Å². The lowest BCUT2D eigenvalue weighted by Gasteiger charge is -2.16. The number of aromatic nitrogens is 2. The Morgan fingerprint density at radius 3 is 3.00 bits per heavy atom. The number of nitrogens with zero attached hydrogens (tertiary/aromatic N) is 3. The molecule has 1 fully saturated rings. The summed E-state index contributed by atoms with van der Waals surface area (Å²) >= 11 is 0. The maximum absolute atomic E-state index is 14.3. The van der Waals surface area contributed by atoms with Gasteiger partial charge in [0, 0.05) is 43.7 Å². The number of likely N-dealkylation sites (tertiary alicyclic amines) is 1. The Morgan fingerprint density at radius 2 is 2.27 bits per heavy atom. The van der Waals surface area contributed by atoms with Gasteiger partial charge in [0.05, 0.1) is 30.4 Å². The van der Waals surface area contributed by atoms with Crippen LogP contribution in [0.2, 0.25) is 0 Å². The van der Waals surface area contributed by atoms with Crippen LogP contribution in [0.4, 0.5) is 9.18 Å². The Morgan fingerprint density at radius 1 is 1.46 bits per heavy atom. The minimum absolute atomic E-state index is 0.177. The molecule has 1 amide bonds. The molecule has 140 valence electrons. The normalized spacial score (nSPS) is 20.4. The number of methoxy groups -OCH3 is 1. The third kappa shape index (κ3) is 4.00. The van der Waals surface area contributed by atoms with Crippen molar-refractivity contribution in [2.45, 2.75) is 12.5 Å². The predicted molar refractivity (Wildman–Crippen MR) is 91.7 cm³/mol. The van der Waals surface area contributed by atoms with E-state index in [9.17, 15) is 14.3 Å². The number of ether oxygens (including phenoxy) is 1. The third-order valence-corrected chi connectivity index (χ3v) is 4.62. The largest absolute Gasteiger partial charge is 0.481 e. The molecule has 3 heterocycles. The molecule has 26 heavy (non-hydrogen) atoms. The van der Waals surface area contributed by atoms with E-state index in [0.29, 0.717) is 48.5 Å². The molecular weight excluding hydrogens is 343 g/mol. The first-order chi connectivity index (χ1) is 12.5. The monoisotopic (exact) mass is 364 g/mol. The molecule has 2 aromatic rings. The fourth-order valence-electron chi connectivity index (χ4n) is 3.24. The maximum atomic E-state index is 14.3. The zero-order chi connectivity index (χ0) is 18.7. The van der Waals surface area contributed by atoms with E-state index in [2.05, 4.69) is 15.3 Å². The van der Waals surface area contributed by atoms with E-state index in [1.807, 2.05) is 4.90 Å². The standard InChI is InChI=1S/C17H21FN4O4/c1-26-15-3-2-13-16(21-15)11(12(18)7-19-13)4-5-22-8-10(14(23)9-22)6-20-17(24)25/h2-3,7,10,14,20,23H,4-6,8-9H2,1H3,(H,24,25)/t10-,14-/m1/s1. The molecule has 2 aromatic heterocycles. The number of nitrogens with one attached hydrogen (secondary N) is 1. The summed E-state index contributed by atoms with van der Waals surface area (Å²) in [6.07, 6.45) is -0.138. The number of carbonyl (C=O) groups is 1. The van der Waals surface area contributed by atoms with Crippen LogP contribution >= 0.6 is 0 Å². The van der Waals surface area contributed by atoms with Gasteiger partial charge in [-0.15, -0.1) is 0 Å². The summed E-state index contributed by atoms with van der Waals surface area (Å²) in [5.41, 5.74) is 1.51. The second-order valence-corrected chi connectivity index (χ2v) is 6.33. The van der Waals surface area contributed by atoms with Crippen molar-refractivity contribution in [3.63, 3.8) is 0 Å². The highest BCUT2D eigenvalue weighted by molar-refractivity contribution is 5.78. The van der Waals surface area contributed by atoms with Crippen LogP contribution in [-0.4, -0.2) is 70.6 Å². The first-order valence-electron chi connectivity index (χ1n) is 8.33. The Balaban J connectivity index is 1.70. The number of hydrogen-bond donors (Lipinski definition) is 3. The van der Waals surface area contributed by atoms with Crippen LogP contribution in [0.1, 0.15) is 5.56 Å². The van der Waals surface area contributed by atoms with Gasteiger partial charge in [0.2, 0.25) is 5.88 Å². The number of halogens is 1. The van der Waals surface area contributed by atoms with Crippen LogP contribution in [0.25, 0.3) is 11.0 Å². The zero-order valence-electron chi connectivity index (χ0n) is 14.4. The van der Waals surface area contributed by atoms with Gasteiger partial charge in [-0.2, -0.15) is 0 Å². The molecule has 0 aliphatic carbocycles. The van der Waals surface area contributed by atoms with Crippen molar-refractivity contribution in [3.8, 4) is 5.88 Å². The Kier molecular flexibility index (Phi) is 5.48. The molecule has 0 radical (unpaired) electrons. The Bertz CT molecular complexity index is 804. The lowest BCUT2D eigenvalue weighted by molar-refractivity contribution is 0.138.